The Labute approximate surface area is 162 Å². The average molecular weight is 387 g/mol. The molecule has 2 rings (SSSR count). The Kier molecular flexibility index (Phi) is 7.32. The normalized spacial score (nSPS) is 10.8. The molecular weight excluding hydrogens is 366 g/mol. The van der Waals surface area contributed by atoms with E-state index in [1.807, 2.05) is 0 Å². The first-order chi connectivity index (χ1) is 13.5. The molecule has 0 amide bonds. The van der Waals surface area contributed by atoms with Crippen molar-refractivity contribution in [2.24, 2.45) is 5.16 Å². The highest BCUT2D eigenvalue weighted by atomic mass is 16.6. The summed E-state index contributed by atoms with van der Waals surface area (Å²) in [5.41, 5.74) is 1.08. The first kappa shape index (κ1) is 20.7. The number of nitrogens with zero attached hydrogens (tertiary/aromatic N) is 3. The minimum atomic E-state index is -0.612. The third kappa shape index (κ3) is 4.97. The molecule has 0 aliphatic rings. The van der Waals surface area contributed by atoms with Gasteiger partial charge in [-0.3, -0.25) is 0 Å². The van der Waals surface area contributed by atoms with Crippen LogP contribution in [0, 0.1) is 0 Å². The van der Waals surface area contributed by atoms with Crippen LogP contribution in [0.5, 0.6) is 23.5 Å². The van der Waals surface area contributed by atoms with Crippen molar-refractivity contribution in [1.29, 1.82) is 0 Å². The molecule has 0 unspecified atom stereocenters. The molecule has 0 fully saturated rings. The van der Waals surface area contributed by atoms with Crippen molar-refractivity contribution in [3.63, 3.8) is 0 Å². The number of oxime groups is 1. The second-order valence-corrected chi connectivity index (χ2v) is 5.27. The van der Waals surface area contributed by atoms with Crippen LogP contribution < -0.4 is 14.2 Å². The Morgan fingerprint density at radius 3 is 2.43 bits per heavy atom. The summed E-state index contributed by atoms with van der Waals surface area (Å²) in [6.07, 6.45) is 1.56. The van der Waals surface area contributed by atoms with E-state index < -0.39 is 5.97 Å². The minimum Gasteiger partial charge on any atom is -0.481 e. The first-order valence-corrected chi connectivity index (χ1v) is 8.18. The molecule has 1 aromatic heterocycles. The van der Waals surface area contributed by atoms with E-state index in [-0.39, 0.29) is 35.7 Å². The molecule has 0 saturated heterocycles. The summed E-state index contributed by atoms with van der Waals surface area (Å²) in [5, 5.41) is 3.98. The fraction of sp³-hybridized carbons (Fsp3) is 0.263. The van der Waals surface area contributed by atoms with Crippen LogP contribution in [0.15, 0.2) is 42.1 Å². The Balaban J connectivity index is 2.50. The molecule has 0 aliphatic carbocycles. The van der Waals surface area contributed by atoms with Gasteiger partial charge in [0.15, 0.2) is 0 Å². The van der Waals surface area contributed by atoms with Crippen LogP contribution in [0.3, 0.4) is 0 Å². The summed E-state index contributed by atoms with van der Waals surface area (Å²) in [4.78, 5) is 25.7. The first-order valence-electron chi connectivity index (χ1n) is 8.18. The maximum absolute atomic E-state index is 12.4. The Hall–Kier alpha value is -3.62. The molecule has 0 atom stereocenters. The van der Waals surface area contributed by atoms with Crippen molar-refractivity contribution in [2.75, 3.05) is 27.9 Å². The fourth-order valence-electron chi connectivity index (χ4n) is 2.20. The molecule has 9 nitrogen and oxygen atoms in total. The number of benzene rings is 1. The monoisotopic (exact) mass is 387 g/mol. The standard InChI is InChI=1S/C19H21N3O6/c1-6-10-27-22-12(2)13-8-7-9-14(17(13)18(23)26-5)28-19-20-15(24-3)11-16(21-19)25-4/h6-9,11H,1,10H2,2-5H3. The quantitative estimate of drug-likeness (QED) is 0.213. The number of carbonyl (C=O) groups is 1. The highest BCUT2D eigenvalue weighted by Crippen LogP contribution is 2.29. The zero-order valence-corrected chi connectivity index (χ0v) is 16.1. The number of methoxy groups -OCH3 is 3. The smallest absolute Gasteiger partial charge is 0.342 e. The minimum absolute atomic E-state index is 0.0593. The molecule has 9 heteroatoms. The van der Waals surface area contributed by atoms with Gasteiger partial charge in [-0.05, 0) is 13.0 Å². The maximum Gasteiger partial charge on any atom is 0.342 e. The number of hydrogen-bond acceptors (Lipinski definition) is 9. The van der Waals surface area contributed by atoms with E-state index in [0.29, 0.717) is 11.3 Å². The Morgan fingerprint density at radius 1 is 1.18 bits per heavy atom. The number of carbonyl (C=O) groups excluding carboxylic acids is 1. The maximum atomic E-state index is 12.4. The molecule has 0 radical (unpaired) electrons. The van der Waals surface area contributed by atoms with Crippen molar-refractivity contribution in [2.45, 2.75) is 6.92 Å². The van der Waals surface area contributed by atoms with E-state index in [1.54, 1.807) is 31.2 Å². The number of esters is 1. The van der Waals surface area contributed by atoms with Crippen LogP contribution >= 0.6 is 0 Å². The lowest BCUT2D eigenvalue weighted by Gasteiger charge is -2.13. The van der Waals surface area contributed by atoms with Crippen LogP contribution in [-0.4, -0.2) is 49.6 Å². The van der Waals surface area contributed by atoms with Gasteiger partial charge in [-0.15, -0.1) is 0 Å². The predicted octanol–water partition coefficient (Wildman–Crippen LogP) is 3.00. The van der Waals surface area contributed by atoms with Crippen molar-refractivity contribution >= 4 is 11.7 Å². The molecule has 2 aromatic rings. The predicted molar refractivity (Wildman–Crippen MR) is 101 cm³/mol. The molecule has 0 N–H and O–H groups in total. The van der Waals surface area contributed by atoms with Crippen molar-refractivity contribution in [3.05, 3.63) is 48.0 Å². The van der Waals surface area contributed by atoms with E-state index in [0.717, 1.165) is 0 Å². The molecule has 148 valence electrons. The largest absolute Gasteiger partial charge is 0.481 e. The topological polar surface area (TPSA) is 101 Å². The third-order valence-electron chi connectivity index (χ3n) is 3.48. The van der Waals surface area contributed by atoms with Gasteiger partial charge in [0.05, 0.1) is 33.1 Å². The number of aromatic nitrogens is 2. The van der Waals surface area contributed by atoms with Gasteiger partial charge in [0.2, 0.25) is 11.8 Å². The Morgan fingerprint density at radius 2 is 1.86 bits per heavy atom. The van der Waals surface area contributed by atoms with Gasteiger partial charge in [0.25, 0.3) is 0 Å². The van der Waals surface area contributed by atoms with Crippen LogP contribution in [-0.2, 0) is 9.57 Å². The molecule has 1 heterocycles. The second kappa shape index (κ2) is 9.91. The molecule has 0 bridgehead atoms. The number of hydrogen-bond donors (Lipinski definition) is 0. The van der Waals surface area contributed by atoms with E-state index in [4.69, 9.17) is 23.8 Å². The average Bonchev–Trinajstić information content (AvgIpc) is 2.72. The summed E-state index contributed by atoms with van der Waals surface area (Å²) in [7, 11) is 4.18. The van der Waals surface area contributed by atoms with Gasteiger partial charge in [0.1, 0.15) is 17.9 Å². The summed E-state index contributed by atoms with van der Waals surface area (Å²) in [5.74, 6) is 0.0537. The Bertz CT molecular complexity index is 860. The van der Waals surface area contributed by atoms with E-state index in [1.165, 1.54) is 27.4 Å². The highest BCUT2D eigenvalue weighted by Gasteiger charge is 2.22. The summed E-state index contributed by atoms with van der Waals surface area (Å²) in [6, 6.07) is 6.42. The lowest BCUT2D eigenvalue weighted by molar-refractivity contribution is 0.0597. The summed E-state index contributed by atoms with van der Waals surface area (Å²) >= 11 is 0. The fourth-order valence-corrected chi connectivity index (χ4v) is 2.20. The molecule has 1 aromatic carbocycles. The van der Waals surface area contributed by atoms with Crippen LogP contribution in [0.25, 0.3) is 0 Å². The number of rotatable bonds is 9. The third-order valence-corrected chi connectivity index (χ3v) is 3.48. The van der Waals surface area contributed by atoms with Gasteiger partial charge in [-0.1, -0.05) is 29.9 Å². The van der Waals surface area contributed by atoms with E-state index in [9.17, 15) is 4.79 Å². The van der Waals surface area contributed by atoms with Gasteiger partial charge in [-0.25, -0.2) is 4.79 Å². The molecule has 0 aliphatic heterocycles. The number of ether oxygens (including phenoxy) is 4. The van der Waals surface area contributed by atoms with Crippen LogP contribution in [0.4, 0.5) is 0 Å². The van der Waals surface area contributed by atoms with Crippen molar-refractivity contribution in [3.8, 4) is 23.5 Å². The zero-order valence-electron chi connectivity index (χ0n) is 16.1. The lowest BCUT2D eigenvalue weighted by atomic mass is 10.0. The van der Waals surface area contributed by atoms with E-state index in [2.05, 4.69) is 21.7 Å². The van der Waals surface area contributed by atoms with Crippen molar-refractivity contribution < 1.29 is 28.6 Å². The molecule has 0 spiro atoms. The van der Waals surface area contributed by atoms with Crippen LogP contribution in [0.1, 0.15) is 22.8 Å². The van der Waals surface area contributed by atoms with Crippen LogP contribution in [0.2, 0.25) is 0 Å². The molecular formula is C19H21N3O6. The van der Waals surface area contributed by atoms with Gasteiger partial charge < -0.3 is 23.8 Å². The van der Waals surface area contributed by atoms with Crippen molar-refractivity contribution in [1.82, 2.24) is 9.97 Å². The zero-order chi connectivity index (χ0) is 20.5. The van der Waals surface area contributed by atoms with E-state index >= 15 is 0 Å². The highest BCUT2D eigenvalue weighted by molar-refractivity contribution is 6.09. The summed E-state index contributed by atoms with van der Waals surface area (Å²) < 4.78 is 20.8. The van der Waals surface area contributed by atoms with Gasteiger partial charge in [0, 0.05) is 5.56 Å². The molecule has 28 heavy (non-hydrogen) atoms. The second-order valence-electron chi connectivity index (χ2n) is 5.27. The molecule has 0 saturated carbocycles. The lowest BCUT2D eigenvalue weighted by Crippen LogP contribution is -2.12. The van der Waals surface area contributed by atoms with Gasteiger partial charge >= 0.3 is 12.0 Å². The summed E-state index contributed by atoms with van der Waals surface area (Å²) in [6.45, 7) is 5.48. The SMILES string of the molecule is C=CCON=C(C)c1cccc(Oc2nc(OC)cc(OC)n2)c1C(=O)OC. The van der Waals surface area contributed by atoms with Gasteiger partial charge in [-0.2, -0.15) is 9.97 Å².